The quantitative estimate of drug-likeness (QED) is 0.922. The summed E-state index contributed by atoms with van der Waals surface area (Å²) < 4.78 is 5.91. The molecule has 1 aromatic rings. The van der Waals surface area contributed by atoms with Crippen molar-refractivity contribution >= 4 is 5.69 Å². The van der Waals surface area contributed by atoms with Gasteiger partial charge in [-0.25, -0.2) is 0 Å². The lowest BCUT2D eigenvalue weighted by Crippen LogP contribution is -2.52. The first-order valence-corrected chi connectivity index (χ1v) is 7.82. The van der Waals surface area contributed by atoms with Gasteiger partial charge < -0.3 is 14.7 Å². The summed E-state index contributed by atoms with van der Waals surface area (Å²) in [5.74, 6) is 0. The maximum atomic E-state index is 9.82. The average Bonchev–Trinajstić information content (AvgIpc) is 2.54. The number of morpholine rings is 1. The lowest BCUT2D eigenvalue weighted by Gasteiger charge is -2.45. The van der Waals surface area contributed by atoms with Crippen molar-refractivity contribution in [3.05, 3.63) is 24.0 Å². The fourth-order valence-corrected chi connectivity index (χ4v) is 3.39. The number of aliphatic hydroxyl groups is 1. The third kappa shape index (κ3) is 2.67. The number of nitrogens with zero attached hydrogens (tertiary/aromatic N) is 2. The van der Waals surface area contributed by atoms with Gasteiger partial charge in [0.25, 0.3) is 0 Å². The normalized spacial score (nSPS) is 28.0. The molecular weight excluding hydrogens is 252 g/mol. The highest BCUT2D eigenvalue weighted by Gasteiger charge is 2.34. The summed E-state index contributed by atoms with van der Waals surface area (Å²) in [6.07, 6.45) is 7.52. The van der Waals surface area contributed by atoms with Gasteiger partial charge in [0, 0.05) is 6.54 Å². The van der Waals surface area contributed by atoms with Crippen LogP contribution in [0.5, 0.6) is 0 Å². The van der Waals surface area contributed by atoms with Crippen LogP contribution in [0, 0.1) is 0 Å². The van der Waals surface area contributed by atoms with E-state index in [1.54, 1.807) is 0 Å². The molecule has 110 valence electrons. The van der Waals surface area contributed by atoms with E-state index in [1.165, 1.54) is 25.7 Å². The number of anilines is 1. The third-order valence-corrected chi connectivity index (χ3v) is 4.56. The average molecular weight is 276 g/mol. The number of pyridine rings is 1. The van der Waals surface area contributed by atoms with Crippen molar-refractivity contribution < 1.29 is 9.84 Å². The monoisotopic (exact) mass is 276 g/mol. The Hall–Kier alpha value is -1.13. The molecule has 0 amide bonds. The number of rotatable bonds is 3. The van der Waals surface area contributed by atoms with Crippen LogP contribution >= 0.6 is 0 Å². The molecule has 3 unspecified atom stereocenters. The summed E-state index contributed by atoms with van der Waals surface area (Å²) >= 11 is 0. The molecule has 3 rings (SSSR count). The van der Waals surface area contributed by atoms with Gasteiger partial charge in [0.2, 0.25) is 0 Å². The van der Waals surface area contributed by atoms with E-state index in [2.05, 4.69) is 16.0 Å². The fraction of sp³-hybridized carbons (Fsp3) is 0.688. The highest BCUT2D eigenvalue weighted by atomic mass is 16.5. The molecule has 4 heteroatoms. The zero-order valence-corrected chi connectivity index (χ0v) is 12.2. The SMILES string of the molecule is CCC(O)c1ccc(N2CCOC3CCCCC32)cn1. The van der Waals surface area contributed by atoms with Gasteiger partial charge in [-0.1, -0.05) is 19.8 Å². The van der Waals surface area contributed by atoms with Crippen molar-refractivity contribution in [2.24, 2.45) is 0 Å². The molecule has 0 radical (unpaired) electrons. The van der Waals surface area contributed by atoms with Gasteiger partial charge in [-0.05, 0) is 31.4 Å². The fourth-order valence-electron chi connectivity index (χ4n) is 3.39. The van der Waals surface area contributed by atoms with E-state index in [1.807, 2.05) is 19.2 Å². The summed E-state index contributed by atoms with van der Waals surface area (Å²) in [7, 11) is 0. The Balaban J connectivity index is 1.77. The Bertz CT molecular complexity index is 433. The Morgan fingerprint density at radius 2 is 2.25 bits per heavy atom. The second-order valence-electron chi connectivity index (χ2n) is 5.82. The minimum Gasteiger partial charge on any atom is -0.387 e. The number of hydrogen-bond acceptors (Lipinski definition) is 4. The van der Waals surface area contributed by atoms with Crippen molar-refractivity contribution in [3.8, 4) is 0 Å². The molecule has 20 heavy (non-hydrogen) atoms. The lowest BCUT2D eigenvalue weighted by atomic mass is 9.90. The third-order valence-electron chi connectivity index (χ3n) is 4.56. The Kier molecular flexibility index (Phi) is 4.22. The van der Waals surface area contributed by atoms with Crippen LogP contribution in [-0.2, 0) is 4.74 Å². The number of ether oxygens (including phenoxy) is 1. The van der Waals surface area contributed by atoms with Crippen LogP contribution in [-0.4, -0.2) is 35.4 Å². The van der Waals surface area contributed by atoms with E-state index in [0.29, 0.717) is 18.6 Å². The predicted molar refractivity (Wildman–Crippen MR) is 78.8 cm³/mol. The number of fused-ring (bicyclic) bond motifs is 1. The number of hydrogen-bond donors (Lipinski definition) is 1. The molecule has 1 aliphatic carbocycles. The van der Waals surface area contributed by atoms with Crippen LogP contribution in [0.3, 0.4) is 0 Å². The van der Waals surface area contributed by atoms with Gasteiger partial charge in [0.05, 0.1) is 42.4 Å². The van der Waals surface area contributed by atoms with Gasteiger partial charge in [-0.15, -0.1) is 0 Å². The molecule has 1 saturated heterocycles. The first-order chi connectivity index (χ1) is 9.79. The van der Waals surface area contributed by atoms with Crippen LogP contribution in [0.4, 0.5) is 5.69 Å². The van der Waals surface area contributed by atoms with E-state index in [-0.39, 0.29) is 0 Å². The molecule has 0 bridgehead atoms. The molecule has 0 aromatic carbocycles. The highest BCUT2D eigenvalue weighted by molar-refractivity contribution is 5.47. The van der Waals surface area contributed by atoms with Crippen molar-refractivity contribution in [3.63, 3.8) is 0 Å². The van der Waals surface area contributed by atoms with Crippen LogP contribution < -0.4 is 4.90 Å². The van der Waals surface area contributed by atoms with Crippen LogP contribution in [0.15, 0.2) is 18.3 Å². The van der Waals surface area contributed by atoms with Crippen molar-refractivity contribution in [1.29, 1.82) is 0 Å². The summed E-state index contributed by atoms with van der Waals surface area (Å²) in [6.45, 7) is 3.72. The van der Waals surface area contributed by atoms with Crippen molar-refractivity contribution in [2.45, 2.75) is 57.3 Å². The molecule has 2 heterocycles. The largest absolute Gasteiger partial charge is 0.387 e. The summed E-state index contributed by atoms with van der Waals surface area (Å²) in [4.78, 5) is 6.88. The van der Waals surface area contributed by atoms with Crippen molar-refractivity contribution in [2.75, 3.05) is 18.1 Å². The number of aromatic nitrogens is 1. The smallest absolute Gasteiger partial charge is 0.0957 e. The molecule has 3 atom stereocenters. The van der Waals surface area contributed by atoms with Gasteiger partial charge in [0.15, 0.2) is 0 Å². The van der Waals surface area contributed by atoms with Crippen molar-refractivity contribution in [1.82, 2.24) is 4.98 Å². The summed E-state index contributed by atoms with van der Waals surface area (Å²) in [5, 5.41) is 9.82. The molecule has 2 aliphatic rings. The zero-order valence-electron chi connectivity index (χ0n) is 12.2. The molecule has 2 fully saturated rings. The highest BCUT2D eigenvalue weighted by Crippen LogP contribution is 2.32. The Morgan fingerprint density at radius 1 is 1.40 bits per heavy atom. The minimum absolute atomic E-state index is 0.387. The molecule has 1 aromatic heterocycles. The van der Waals surface area contributed by atoms with Crippen LogP contribution in [0.2, 0.25) is 0 Å². The van der Waals surface area contributed by atoms with Gasteiger partial charge >= 0.3 is 0 Å². The lowest BCUT2D eigenvalue weighted by molar-refractivity contribution is -0.00870. The minimum atomic E-state index is -0.448. The molecule has 1 saturated carbocycles. The molecule has 1 N–H and O–H groups in total. The molecule has 1 aliphatic heterocycles. The summed E-state index contributed by atoms with van der Waals surface area (Å²) in [6, 6.07) is 4.55. The standard InChI is InChI=1S/C16H24N2O2/c1-2-15(19)13-8-7-12(11-17-13)18-9-10-20-16-6-4-3-5-14(16)18/h7-8,11,14-16,19H,2-6,9-10H2,1H3. The first kappa shape index (κ1) is 13.8. The van der Waals surface area contributed by atoms with Gasteiger partial charge in [0.1, 0.15) is 0 Å². The van der Waals surface area contributed by atoms with E-state index >= 15 is 0 Å². The summed E-state index contributed by atoms with van der Waals surface area (Å²) in [5.41, 5.74) is 1.93. The van der Waals surface area contributed by atoms with Crippen LogP contribution in [0.25, 0.3) is 0 Å². The molecule has 4 nitrogen and oxygen atoms in total. The Morgan fingerprint density at radius 3 is 3.00 bits per heavy atom. The molecular formula is C16H24N2O2. The maximum absolute atomic E-state index is 9.82. The topological polar surface area (TPSA) is 45.6 Å². The zero-order chi connectivity index (χ0) is 13.9. The maximum Gasteiger partial charge on any atom is 0.0957 e. The first-order valence-electron chi connectivity index (χ1n) is 7.82. The predicted octanol–water partition coefficient (Wildman–Crippen LogP) is 2.67. The van der Waals surface area contributed by atoms with E-state index in [9.17, 15) is 5.11 Å². The number of aliphatic hydroxyl groups excluding tert-OH is 1. The second-order valence-corrected chi connectivity index (χ2v) is 5.82. The second kappa shape index (κ2) is 6.10. The van der Waals surface area contributed by atoms with Gasteiger partial charge in [-0.3, -0.25) is 4.98 Å². The van der Waals surface area contributed by atoms with Gasteiger partial charge in [-0.2, -0.15) is 0 Å². The Labute approximate surface area is 120 Å². The van der Waals surface area contributed by atoms with E-state index < -0.39 is 6.10 Å². The van der Waals surface area contributed by atoms with E-state index in [0.717, 1.165) is 24.5 Å². The molecule has 0 spiro atoms. The van der Waals surface area contributed by atoms with Crippen LogP contribution in [0.1, 0.15) is 50.8 Å². The van der Waals surface area contributed by atoms with E-state index in [4.69, 9.17) is 4.74 Å².